The van der Waals surface area contributed by atoms with Crippen molar-refractivity contribution in [2.24, 2.45) is 11.0 Å². The molecule has 1 aromatic rings. The molecule has 0 unspecified atom stereocenters. The number of hydrogen-bond donors (Lipinski definition) is 1. The van der Waals surface area contributed by atoms with E-state index < -0.39 is 0 Å². The minimum Gasteiger partial charge on any atom is -0.492 e. The van der Waals surface area contributed by atoms with Gasteiger partial charge in [-0.3, -0.25) is 4.79 Å². The number of amides is 1. The number of halogens is 2. The van der Waals surface area contributed by atoms with Crippen LogP contribution < -0.4 is 10.2 Å². The smallest absolute Gasteiger partial charge is 0.240 e. The highest BCUT2D eigenvalue weighted by Crippen LogP contribution is 2.28. The molecule has 0 saturated heterocycles. The third-order valence-corrected chi connectivity index (χ3v) is 4.95. The molecule has 25 heavy (non-hydrogen) atoms. The Morgan fingerprint density at radius 2 is 2.08 bits per heavy atom. The van der Waals surface area contributed by atoms with E-state index in [2.05, 4.69) is 17.5 Å². The molecule has 0 radical (unpaired) electrons. The molecule has 0 heterocycles. The maximum atomic E-state index is 11.9. The zero-order chi connectivity index (χ0) is 18.1. The van der Waals surface area contributed by atoms with Crippen LogP contribution in [0.15, 0.2) is 23.3 Å². The molecule has 1 aromatic carbocycles. The van der Waals surface area contributed by atoms with Crippen molar-refractivity contribution in [1.82, 2.24) is 5.43 Å². The second-order valence-corrected chi connectivity index (χ2v) is 7.32. The molecule has 138 valence electrons. The van der Waals surface area contributed by atoms with Crippen LogP contribution in [-0.4, -0.2) is 18.2 Å². The van der Waals surface area contributed by atoms with Crippen LogP contribution in [-0.2, 0) is 4.79 Å². The van der Waals surface area contributed by atoms with Crippen LogP contribution in [0.1, 0.15) is 58.3 Å². The summed E-state index contributed by atoms with van der Waals surface area (Å²) in [5.74, 6) is 1.33. The number of nitrogens with one attached hydrogen (secondary N) is 1. The monoisotopic (exact) mass is 384 g/mol. The maximum Gasteiger partial charge on any atom is 0.240 e. The SMILES string of the molecule is CCCC1CCC(=NNC(=O)CCCOc2ccc(Cl)cc2Cl)CC1. The van der Waals surface area contributed by atoms with Crippen LogP contribution in [0.2, 0.25) is 10.0 Å². The van der Waals surface area contributed by atoms with Crippen LogP contribution in [0.3, 0.4) is 0 Å². The second kappa shape index (κ2) is 10.7. The van der Waals surface area contributed by atoms with Crippen LogP contribution in [0.25, 0.3) is 0 Å². The van der Waals surface area contributed by atoms with E-state index in [1.165, 1.54) is 25.7 Å². The van der Waals surface area contributed by atoms with E-state index in [9.17, 15) is 4.79 Å². The van der Waals surface area contributed by atoms with Gasteiger partial charge in [0.1, 0.15) is 5.75 Å². The molecular formula is C19H26Cl2N2O2. The number of benzene rings is 1. The molecule has 0 aromatic heterocycles. The lowest BCUT2D eigenvalue weighted by atomic mass is 9.85. The number of carbonyl (C=O) groups excluding carboxylic acids is 1. The quantitative estimate of drug-likeness (QED) is 0.467. The highest BCUT2D eigenvalue weighted by Gasteiger charge is 2.16. The highest BCUT2D eigenvalue weighted by molar-refractivity contribution is 6.35. The van der Waals surface area contributed by atoms with Crippen molar-refractivity contribution in [2.75, 3.05) is 6.61 Å². The molecule has 1 amide bonds. The molecular weight excluding hydrogens is 359 g/mol. The number of ether oxygens (including phenoxy) is 1. The fraction of sp³-hybridized carbons (Fsp3) is 0.579. The Labute approximate surface area is 159 Å². The summed E-state index contributed by atoms with van der Waals surface area (Å²) in [4.78, 5) is 11.9. The third-order valence-electron chi connectivity index (χ3n) is 4.42. The molecule has 0 spiro atoms. The van der Waals surface area contributed by atoms with Crippen LogP contribution >= 0.6 is 23.2 Å². The molecule has 1 fully saturated rings. The second-order valence-electron chi connectivity index (χ2n) is 6.47. The minimum absolute atomic E-state index is 0.0750. The van der Waals surface area contributed by atoms with Gasteiger partial charge in [0, 0.05) is 17.2 Å². The van der Waals surface area contributed by atoms with Crippen molar-refractivity contribution in [3.63, 3.8) is 0 Å². The van der Waals surface area contributed by atoms with E-state index in [4.69, 9.17) is 27.9 Å². The van der Waals surface area contributed by atoms with Gasteiger partial charge < -0.3 is 4.74 Å². The van der Waals surface area contributed by atoms with Crippen LogP contribution in [0.4, 0.5) is 0 Å². The Balaban J connectivity index is 1.62. The minimum atomic E-state index is -0.0750. The maximum absolute atomic E-state index is 11.9. The predicted octanol–water partition coefficient (Wildman–Crippen LogP) is 5.61. The normalized spacial score (nSPS) is 17.2. The largest absolute Gasteiger partial charge is 0.492 e. The zero-order valence-corrected chi connectivity index (χ0v) is 16.2. The molecule has 1 N–H and O–H groups in total. The van der Waals surface area contributed by atoms with Crippen molar-refractivity contribution >= 4 is 34.8 Å². The van der Waals surface area contributed by atoms with Gasteiger partial charge in [-0.15, -0.1) is 0 Å². The molecule has 1 saturated carbocycles. The molecule has 2 rings (SSSR count). The third kappa shape index (κ3) is 7.25. The van der Waals surface area contributed by atoms with Crippen LogP contribution in [0.5, 0.6) is 5.75 Å². The number of rotatable bonds is 8. The standard InChI is InChI=1S/C19H26Cl2N2O2/c1-2-4-14-6-9-16(10-7-14)22-23-19(24)5-3-12-25-18-11-8-15(20)13-17(18)21/h8,11,13-14H,2-7,9-10,12H2,1H3,(H,23,24). The summed E-state index contributed by atoms with van der Waals surface area (Å²) in [7, 11) is 0. The van der Waals surface area contributed by atoms with E-state index in [-0.39, 0.29) is 5.91 Å². The molecule has 1 aliphatic rings. The average Bonchev–Trinajstić information content (AvgIpc) is 2.60. The van der Waals surface area contributed by atoms with Gasteiger partial charge in [0.25, 0.3) is 0 Å². The summed E-state index contributed by atoms with van der Waals surface area (Å²) in [6.07, 6.45) is 7.92. The van der Waals surface area contributed by atoms with Crippen molar-refractivity contribution in [3.05, 3.63) is 28.2 Å². The summed E-state index contributed by atoms with van der Waals surface area (Å²) < 4.78 is 5.56. The lowest BCUT2D eigenvalue weighted by Crippen LogP contribution is -2.22. The first-order valence-electron chi connectivity index (χ1n) is 9.00. The topological polar surface area (TPSA) is 50.7 Å². The van der Waals surface area contributed by atoms with E-state index >= 15 is 0 Å². The van der Waals surface area contributed by atoms with Gasteiger partial charge in [0.2, 0.25) is 5.91 Å². The van der Waals surface area contributed by atoms with Crippen molar-refractivity contribution in [2.45, 2.75) is 58.3 Å². The number of hydrazone groups is 1. The van der Waals surface area contributed by atoms with Crippen molar-refractivity contribution < 1.29 is 9.53 Å². The summed E-state index contributed by atoms with van der Waals surface area (Å²) in [5, 5.41) is 5.32. The first kappa shape index (κ1) is 20.1. The van der Waals surface area contributed by atoms with E-state index in [1.807, 2.05) is 0 Å². The zero-order valence-electron chi connectivity index (χ0n) is 14.7. The van der Waals surface area contributed by atoms with Gasteiger partial charge >= 0.3 is 0 Å². The Bertz CT molecular complexity index is 595. The number of carbonyl (C=O) groups is 1. The van der Waals surface area contributed by atoms with Gasteiger partial charge in [-0.1, -0.05) is 43.0 Å². The first-order chi connectivity index (χ1) is 12.1. The Kier molecular flexibility index (Phi) is 8.56. The molecule has 0 aliphatic heterocycles. The summed E-state index contributed by atoms with van der Waals surface area (Å²) in [6.45, 7) is 2.65. The Morgan fingerprint density at radius 1 is 1.32 bits per heavy atom. The Morgan fingerprint density at radius 3 is 2.76 bits per heavy atom. The summed E-state index contributed by atoms with van der Waals surface area (Å²) in [6, 6.07) is 5.09. The summed E-state index contributed by atoms with van der Waals surface area (Å²) in [5.41, 5.74) is 3.78. The van der Waals surface area contributed by atoms with E-state index in [1.54, 1.807) is 18.2 Å². The number of nitrogens with zero attached hydrogens (tertiary/aromatic N) is 1. The molecule has 1 aliphatic carbocycles. The van der Waals surface area contributed by atoms with Crippen molar-refractivity contribution in [3.8, 4) is 5.75 Å². The predicted molar refractivity (Wildman–Crippen MR) is 104 cm³/mol. The molecule has 0 bridgehead atoms. The van der Waals surface area contributed by atoms with Gasteiger partial charge in [-0.25, -0.2) is 5.43 Å². The Hall–Kier alpha value is -1.26. The van der Waals surface area contributed by atoms with Crippen molar-refractivity contribution in [1.29, 1.82) is 0 Å². The van der Waals surface area contributed by atoms with Gasteiger partial charge in [-0.2, -0.15) is 5.10 Å². The van der Waals surface area contributed by atoms with Gasteiger partial charge in [-0.05, 0) is 56.2 Å². The first-order valence-corrected chi connectivity index (χ1v) is 9.76. The lowest BCUT2D eigenvalue weighted by Gasteiger charge is -2.22. The molecule has 4 nitrogen and oxygen atoms in total. The molecule has 6 heteroatoms. The van der Waals surface area contributed by atoms with E-state index in [0.717, 1.165) is 24.5 Å². The average molecular weight is 385 g/mol. The fourth-order valence-corrected chi connectivity index (χ4v) is 3.49. The van der Waals surface area contributed by atoms with Crippen LogP contribution in [0, 0.1) is 5.92 Å². The summed E-state index contributed by atoms with van der Waals surface area (Å²) >= 11 is 11.9. The fourth-order valence-electron chi connectivity index (χ4n) is 3.02. The van der Waals surface area contributed by atoms with E-state index in [0.29, 0.717) is 35.2 Å². The van der Waals surface area contributed by atoms with Gasteiger partial charge in [0.05, 0.1) is 11.6 Å². The highest BCUT2D eigenvalue weighted by atomic mass is 35.5. The lowest BCUT2D eigenvalue weighted by molar-refractivity contribution is -0.121. The molecule has 0 atom stereocenters. The van der Waals surface area contributed by atoms with Gasteiger partial charge in [0.15, 0.2) is 0 Å². The number of hydrogen-bond acceptors (Lipinski definition) is 3.